The van der Waals surface area contributed by atoms with E-state index in [1.807, 2.05) is 6.07 Å². The molecule has 1 amide bonds. The van der Waals surface area contributed by atoms with Gasteiger partial charge in [-0.15, -0.1) is 0 Å². The normalized spacial score (nSPS) is 11.7. The van der Waals surface area contributed by atoms with Gasteiger partial charge >= 0.3 is 5.97 Å². The molecule has 8 heteroatoms. The fraction of sp³-hybridized carbons (Fsp3) is 0.118. The van der Waals surface area contributed by atoms with Gasteiger partial charge in [0.05, 0.1) is 22.3 Å². The molecular formula is C17H12ClFN2O3S. The van der Waals surface area contributed by atoms with Crippen molar-refractivity contribution in [3.8, 4) is 0 Å². The number of aromatic nitrogens is 1. The minimum Gasteiger partial charge on any atom is -0.468 e. The van der Waals surface area contributed by atoms with Crippen LogP contribution in [0.5, 0.6) is 0 Å². The molecule has 0 saturated heterocycles. The van der Waals surface area contributed by atoms with Gasteiger partial charge in [-0.1, -0.05) is 29.0 Å². The summed E-state index contributed by atoms with van der Waals surface area (Å²) in [5, 5.41) is 0.438. The van der Waals surface area contributed by atoms with Crippen molar-refractivity contribution in [3.05, 3.63) is 63.7 Å². The Bertz CT molecular complexity index is 1020. The predicted octanol–water partition coefficient (Wildman–Crippen LogP) is 3.41. The number of thiazole rings is 1. The number of ether oxygens (including phenoxy) is 1. The SMILES string of the molecule is COC(=O)Cn1c(=NC(=O)c2ccc(F)cc2)sc2cccc(Cl)c21. The van der Waals surface area contributed by atoms with Crippen LogP contribution in [0.15, 0.2) is 47.5 Å². The quantitative estimate of drug-likeness (QED) is 0.656. The highest BCUT2D eigenvalue weighted by molar-refractivity contribution is 7.16. The average molecular weight is 379 g/mol. The van der Waals surface area contributed by atoms with Gasteiger partial charge < -0.3 is 9.30 Å². The molecule has 128 valence electrons. The maximum absolute atomic E-state index is 13.0. The molecule has 0 N–H and O–H groups in total. The molecular weight excluding hydrogens is 367 g/mol. The van der Waals surface area contributed by atoms with Crippen molar-refractivity contribution in [2.24, 2.45) is 4.99 Å². The molecule has 0 spiro atoms. The van der Waals surface area contributed by atoms with Gasteiger partial charge in [0.1, 0.15) is 12.4 Å². The van der Waals surface area contributed by atoms with Crippen LogP contribution in [0.1, 0.15) is 10.4 Å². The van der Waals surface area contributed by atoms with E-state index in [1.165, 1.54) is 47.3 Å². The van der Waals surface area contributed by atoms with Gasteiger partial charge in [0, 0.05) is 5.56 Å². The summed E-state index contributed by atoms with van der Waals surface area (Å²) in [5.74, 6) is -1.47. The molecule has 0 bridgehead atoms. The molecule has 0 aliphatic heterocycles. The Hall–Kier alpha value is -2.51. The number of methoxy groups -OCH3 is 1. The van der Waals surface area contributed by atoms with Crippen molar-refractivity contribution < 1.29 is 18.7 Å². The van der Waals surface area contributed by atoms with Gasteiger partial charge in [0.2, 0.25) is 0 Å². The molecule has 0 unspecified atom stereocenters. The monoisotopic (exact) mass is 378 g/mol. The second-order valence-corrected chi connectivity index (χ2v) is 6.47. The lowest BCUT2D eigenvalue weighted by Crippen LogP contribution is -2.22. The summed E-state index contributed by atoms with van der Waals surface area (Å²) in [4.78, 5) is 28.5. The summed E-state index contributed by atoms with van der Waals surface area (Å²) in [7, 11) is 1.28. The Labute approximate surface area is 151 Å². The predicted molar refractivity (Wildman–Crippen MR) is 93.1 cm³/mol. The molecule has 0 aliphatic rings. The standard InChI is InChI=1S/C17H12ClFN2O3S/c1-24-14(22)9-21-15-12(18)3-2-4-13(15)25-17(21)20-16(23)10-5-7-11(19)8-6-10/h2-8H,9H2,1H3. The molecule has 3 aromatic rings. The van der Waals surface area contributed by atoms with Crippen molar-refractivity contribution in [2.75, 3.05) is 7.11 Å². The molecule has 2 aromatic carbocycles. The van der Waals surface area contributed by atoms with E-state index in [0.29, 0.717) is 15.3 Å². The second kappa shape index (κ2) is 7.16. The topological polar surface area (TPSA) is 60.7 Å². The number of esters is 1. The Morgan fingerprint density at radius 1 is 1.24 bits per heavy atom. The Morgan fingerprint density at radius 2 is 1.96 bits per heavy atom. The van der Waals surface area contributed by atoms with Crippen LogP contribution in [0.3, 0.4) is 0 Å². The largest absolute Gasteiger partial charge is 0.468 e. The number of rotatable bonds is 3. The highest BCUT2D eigenvalue weighted by Gasteiger charge is 2.14. The van der Waals surface area contributed by atoms with Gasteiger partial charge in [0.15, 0.2) is 4.80 Å². The summed E-state index contributed by atoms with van der Waals surface area (Å²) in [6.07, 6.45) is 0. The Kier molecular flexibility index (Phi) is 4.96. The van der Waals surface area contributed by atoms with E-state index in [2.05, 4.69) is 4.99 Å². The molecule has 3 rings (SSSR count). The van der Waals surface area contributed by atoms with Crippen LogP contribution in [-0.2, 0) is 16.1 Å². The van der Waals surface area contributed by atoms with Crippen LogP contribution in [0, 0.1) is 5.82 Å². The number of fused-ring (bicyclic) bond motifs is 1. The van der Waals surface area contributed by atoms with E-state index in [-0.39, 0.29) is 12.1 Å². The molecule has 0 saturated carbocycles. The second-order valence-electron chi connectivity index (χ2n) is 5.06. The lowest BCUT2D eigenvalue weighted by Gasteiger charge is -2.04. The lowest BCUT2D eigenvalue weighted by molar-refractivity contribution is -0.141. The third-order valence-corrected chi connectivity index (χ3v) is 4.80. The van der Waals surface area contributed by atoms with Crippen LogP contribution < -0.4 is 4.80 Å². The van der Waals surface area contributed by atoms with Crippen molar-refractivity contribution >= 4 is 45.0 Å². The maximum Gasteiger partial charge on any atom is 0.325 e. The van der Waals surface area contributed by atoms with Gasteiger partial charge in [0.25, 0.3) is 5.91 Å². The first-order chi connectivity index (χ1) is 12.0. The summed E-state index contributed by atoms with van der Waals surface area (Å²) < 4.78 is 20.0. The molecule has 1 heterocycles. The van der Waals surface area contributed by atoms with Gasteiger partial charge in [-0.3, -0.25) is 9.59 Å². The maximum atomic E-state index is 13.0. The third-order valence-electron chi connectivity index (χ3n) is 3.46. The molecule has 25 heavy (non-hydrogen) atoms. The van der Waals surface area contributed by atoms with Crippen LogP contribution in [-0.4, -0.2) is 23.6 Å². The van der Waals surface area contributed by atoms with Gasteiger partial charge in [-0.2, -0.15) is 4.99 Å². The van der Waals surface area contributed by atoms with Crippen molar-refractivity contribution in [1.29, 1.82) is 0 Å². The number of nitrogens with zero attached hydrogens (tertiary/aromatic N) is 2. The zero-order valence-electron chi connectivity index (χ0n) is 13.0. The third kappa shape index (κ3) is 3.62. The van der Waals surface area contributed by atoms with Crippen LogP contribution >= 0.6 is 22.9 Å². The molecule has 0 radical (unpaired) electrons. The van der Waals surface area contributed by atoms with Crippen molar-refractivity contribution in [3.63, 3.8) is 0 Å². The number of amides is 1. The first-order valence-electron chi connectivity index (χ1n) is 7.19. The summed E-state index contributed by atoms with van der Waals surface area (Å²) in [5.41, 5.74) is 0.847. The first-order valence-corrected chi connectivity index (χ1v) is 8.38. The number of hydrogen-bond acceptors (Lipinski definition) is 4. The fourth-order valence-corrected chi connectivity index (χ4v) is 3.64. The molecule has 5 nitrogen and oxygen atoms in total. The van der Waals surface area contributed by atoms with E-state index in [0.717, 1.165) is 4.70 Å². The Morgan fingerprint density at radius 3 is 2.64 bits per heavy atom. The van der Waals surface area contributed by atoms with E-state index in [4.69, 9.17) is 16.3 Å². The van der Waals surface area contributed by atoms with E-state index >= 15 is 0 Å². The Balaban J connectivity index is 2.15. The minimum atomic E-state index is -0.540. The van der Waals surface area contributed by atoms with E-state index < -0.39 is 17.7 Å². The molecule has 0 atom stereocenters. The number of carbonyl (C=O) groups is 2. The van der Waals surface area contributed by atoms with Crippen LogP contribution in [0.2, 0.25) is 5.02 Å². The van der Waals surface area contributed by atoms with Crippen LogP contribution in [0.25, 0.3) is 10.2 Å². The molecule has 0 aliphatic carbocycles. The fourth-order valence-electron chi connectivity index (χ4n) is 2.26. The van der Waals surface area contributed by atoms with Gasteiger partial charge in [-0.05, 0) is 36.4 Å². The molecule has 1 aromatic heterocycles. The number of hydrogen-bond donors (Lipinski definition) is 0. The zero-order valence-corrected chi connectivity index (χ0v) is 14.6. The van der Waals surface area contributed by atoms with Gasteiger partial charge in [-0.25, -0.2) is 4.39 Å². The molecule has 0 fully saturated rings. The van der Waals surface area contributed by atoms with Crippen LogP contribution in [0.4, 0.5) is 4.39 Å². The lowest BCUT2D eigenvalue weighted by atomic mass is 10.2. The number of halogens is 2. The number of para-hydroxylation sites is 1. The smallest absolute Gasteiger partial charge is 0.325 e. The number of carbonyl (C=O) groups excluding carboxylic acids is 2. The average Bonchev–Trinajstić information content (AvgIpc) is 2.93. The first kappa shape index (κ1) is 17.3. The van der Waals surface area contributed by atoms with E-state index in [1.54, 1.807) is 12.1 Å². The summed E-state index contributed by atoms with van der Waals surface area (Å²) >= 11 is 7.46. The van der Waals surface area contributed by atoms with E-state index in [9.17, 15) is 14.0 Å². The van der Waals surface area contributed by atoms with Crippen molar-refractivity contribution in [1.82, 2.24) is 4.57 Å². The zero-order chi connectivity index (χ0) is 18.0. The summed E-state index contributed by atoms with van der Waals surface area (Å²) in [6, 6.07) is 10.4. The van der Waals surface area contributed by atoms with Crippen molar-refractivity contribution in [2.45, 2.75) is 6.54 Å². The highest BCUT2D eigenvalue weighted by Crippen LogP contribution is 2.25. The highest BCUT2D eigenvalue weighted by atomic mass is 35.5. The number of benzene rings is 2. The summed E-state index contributed by atoms with van der Waals surface area (Å²) in [6.45, 7) is -0.129. The minimum absolute atomic E-state index is 0.129.